The summed E-state index contributed by atoms with van der Waals surface area (Å²) >= 11 is 1.80. The van der Waals surface area contributed by atoms with E-state index in [2.05, 4.69) is 41.8 Å². The van der Waals surface area contributed by atoms with Crippen molar-refractivity contribution in [1.82, 2.24) is 15.1 Å². The predicted molar refractivity (Wildman–Crippen MR) is 83.2 cm³/mol. The molecule has 0 aliphatic heterocycles. The highest BCUT2D eigenvalue weighted by Gasteiger charge is 2.19. The van der Waals surface area contributed by atoms with Crippen molar-refractivity contribution in [2.45, 2.75) is 33.4 Å². The van der Waals surface area contributed by atoms with Gasteiger partial charge >= 0.3 is 0 Å². The van der Waals surface area contributed by atoms with Crippen LogP contribution in [0.1, 0.15) is 36.0 Å². The number of ether oxygens (including phenoxy) is 1. The Labute approximate surface area is 124 Å². The van der Waals surface area contributed by atoms with E-state index in [1.54, 1.807) is 23.1 Å². The van der Waals surface area contributed by atoms with Gasteiger partial charge in [-0.05, 0) is 24.3 Å². The van der Waals surface area contributed by atoms with Crippen molar-refractivity contribution in [3.63, 3.8) is 0 Å². The van der Waals surface area contributed by atoms with E-state index in [1.807, 2.05) is 14.0 Å². The summed E-state index contributed by atoms with van der Waals surface area (Å²) in [6, 6.07) is 4.65. The summed E-state index contributed by atoms with van der Waals surface area (Å²) < 4.78 is 7.24. The molecule has 0 fully saturated rings. The van der Waals surface area contributed by atoms with Gasteiger partial charge in [-0.3, -0.25) is 0 Å². The zero-order chi connectivity index (χ0) is 14.7. The van der Waals surface area contributed by atoms with E-state index in [4.69, 9.17) is 4.74 Å². The third-order valence-electron chi connectivity index (χ3n) is 3.50. The average molecular weight is 293 g/mol. The van der Waals surface area contributed by atoms with Crippen LogP contribution < -0.4 is 10.1 Å². The first-order valence-electron chi connectivity index (χ1n) is 6.87. The van der Waals surface area contributed by atoms with Crippen LogP contribution in [0.3, 0.4) is 0 Å². The monoisotopic (exact) mass is 293 g/mol. The standard InChI is InChI=1S/C15H23N3OS/c1-10(2)14(13-7-6-8-20-13)16-9-12-11(3)17-18(4)15(12)19-5/h6-8,10,14,16H,9H2,1-5H3. The number of nitrogens with zero attached hydrogens (tertiary/aromatic N) is 2. The van der Waals surface area contributed by atoms with Crippen molar-refractivity contribution in [1.29, 1.82) is 0 Å². The van der Waals surface area contributed by atoms with E-state index in [0.717, 1.165) is 23.7 Å². The third-order valence-corrected chi connectivity index (χ3v) is 4.45. The van der Waals surface area contributed by atoms with Crippen molar-refractivity contribution in [2.75, 3.05) is 7.11 Å². The number of aromatic nitrogens is 2. The molecule has 20 heavy (non-hydrogen) atoms. The topological polar surface area (TPSA) is 39.1 Å². The van der Waals surface area contributed by atoms with Crippen LogP contribution in [0.4, 0.5) is 0 Å². The highest BCUT2D eigenvalue weighted by molar-refractivity contribution is 7.10. The van der Waals surface area contributed by atoms with Gasteiger partial charge in [-0.1, -0.05) is 19.9 Å². The molecule has 0 aliphatic carbocycles. The summed E-state index contributed by atoms with van der Waals surface area (Å²) in [6.07, 6.45) is 0. The van der Waals surface area contributed by atoms with E-state index in [0.29, 0.717) is 12.0 Å². The molecule has 2 aromatic heterocycles. The van der Waals surface area contributed by atoms with Crippen LogP contribution in [-0.2, 0) is 13.6 Å². The Morgan fingerprint density at radius 1 is 1.45 bits per heavy atom. The SMILES string of the molecule is COc1c(CNC(c2cccs2)C(C)C)c(C)nn1C. The Morgan fingerprint density at radius 2 is 2.20 bits per heavy atom. The number of hydrogen-bond acceptors (Lipinski definition) is 4. The molecule has 0 bridgehead atoms. The van der Waals surface area contributed by atoms with Crippen molar-refractivity contribution >= 4 is 11.3 Å². The van der Waals surface area contributed by atoms with Crippen molar-refractivity contribution < 1.29 is 4.74 Å². The minimum atomic E-state index is 0.360. The molecule has 2 heterocycles. The van der Waals surface area contributed by atoms with Gasteiger partial charge in [0.15, 0.2) is 0 Å². The van der Waals surface area contributed by atoms with Crippen LogP contribution in [0.15, 0.2) is 17.5 Å². The summed E-state index contributed by atoms with van der Waals surface area (Å²) in [5, 5.41) is 10.2. The van der Waals surface area contributed by atoms with Gasteiger partial charge < -0.3 is 10.1 Å². The molecule has 1 unspecified atom stereocenters. The normalized spacial score (nSPS) is 12.9. The maximum absolute atomic E-state index is 5.44. The van der Waals surface area contributed by atoms with Crippen LogP contribution in [0.25, 0.3) is 0 Å². The van der Waals surface area contributed by atoms with Crippen molar-refractivity contribution in [2.24, 2.45) is 13.0 Å². The summed E-state index contributed by atoms with van der Waals surface area (Å²) in [7, 11) is 3.60. The molecular formula is C15H23N3OS. The first-order valence-corrected chi connectivity index (χ1v) is 7.75. The molecule has 0 saturated carbocycles. The second-order valence-electron chi connectivity index (χ2n) is 5.31. The molecular weight excluding hydrogens is 270 g/mol. The van der Waals surface area contributed by atoms with Gasteiger partial charge in [-0.15, -0.1) is 11.3 Å². The molecule has 0 aromatic carbocycles. The number of thiophene rings is 1. The number of nitrogens with one attached hydrogen (secondary N) is 1. The Bertz CT molecular complexity index is 546. The second kappa shape index (κ2) is 6.41. The largest absolute Gasteiger partial charge is 0.481 e. The van der Waals surface area contributed by atoms with Crippen molar-refractivity contribution in [3.8, 4) is 5.88 Å². The lowest BCUT2D eigenvalue weighted by atomic mass is 10.0. The fourth-order valence-corrected chi connectivity index (χ4v) is 3.46. The second-order valence-corrected chi connectivity index (χ2v) is 6.29. The van der Waals surface area contributed by atoms with Crippen LogP contribution in [0, 0.1) is 12.8 Å². The van der Waals surface area contributed by atoms with Crippen LogP contribution >= 0.6 is 11.3 Å². The van der Waals surface area contributed by atoms with E-state index in [9.17, 15) is 0 Å². The molecule has 0 amide bonds. The van der Waals surface area contributed by atoms with Crippen LogP contribution in [-0.4, -0.2) is 16.9 Å². The number of hydrogen-bond donors (Lipinski definition) is 1. The molecule has 2 aromatic rings. The van der Waals surface area contributed by atoms with E-state index in [1.165, 1.54) is 4.88 Å². The van der Waals surface area contributed by atoms with E-state index < -0.39 is 0 Å². The van der Waals surface area contributed by atoms with Gasteiger partial charge in [-0.2, -0.15) is 5.10 Å². The highest BCUT2D eigenvalue weighted by Crippen LogP contribution is 2.28. The minimum Gasteiger partial charge on any atom is -0.481 e. The minimum absolute atomic E-state index is 0.360. The summed E-state index contributed by atoms with van der Waals surface area (Å²) in [4.78, 5) is 1.38. The molecule has 0 saturated heterocycles. The highest BCUT2D eigenvalue weighted by atomic mass is 32.1. The summed E-state index contributed by atoms with van der Waals surface area (Å²) in [5.74, 6) is 1.38. The Hall–Kier alpha value is -1.33. The lowest BCUT2D eigenvalue weighted by molar-refractivity contribution is 0.362. The van der Waals surface area contributed by atoms with Crippen LogP contribution in [0.2, 0.25) is 0 Å². The molecule has 4 nitrogen and oxygen atoms in total. The molecule has 5 heteroatoms. The Kier molecular flexibility index (Phi) is 4.83. The summed E-state index contributed by atoms with van der Waals surface area (Å²) in [5.41, 5.74) is 2.16. The molecule has 0 aliphatic rings. The molecule has 1 N–H and O–H groups in total. The Morgan fingerprint density at radius 3 is 2.75 bits per heavy atom. The maximum atomic E-state index is 5.44. The predicted octanol–water partition coefficient (Wildman–Crippen LogP) is 3.29. The zero-order valence-electron chi connectivity index (χ0n) is 12.8. The molecule has 2 rings (SSSR count). The van der Waals surface area contributed by atoms with E-state index >= 15 is 0 Å². The summed E-state index contributed by atoms with van der Waals surface area (Å²) in [6.45, 7) is 7.27. The first-order chi connectivity index (χ1) is 9.54. The zero-order valence-corrected chi connectivity index (χ0v) is 13.6. The Balaban J connectivity index is 2.14. The maximum Gasteiger partial charge on any atom is 0.216 e. The number of methoxy groups -OCH3 is 1. The van der Waals surface area contributed by atoms with E-state index in [-0.39, 0.29) is 0 Å². The van der Waals surface area contributed by atoms with Crippen molar-refractivity contribution in [3.05, 3.63) is 33.6 Å². The van der Waals surface area contributed by atoms with Gasteiger partial charge in [0, 0.05) is 24.5 Å². The fraction of sp³-hybridized carbons (Fsp3) is 0.533. The van der Waals surface area contributed by atoms with Gasteiger partial charge in [0.05, 0.1) is 18.4 Å². The molecule has 0 spiro atoms. The molecule has 110 valence electrons. The third kappa shape index (κ3) is 3.04. The number of rotatable bonds is 6. The van der Waals surface area contributed by atoms with Crippen LogP contribution in [0.5, 0.6) is 5.88 Å². The van der Waals surface area contributed by atoms with Gasteiger partial charge in [-0.25, -0.2) is 4.68 Å². The lowest BCUT2D eigenvalue weighted by Gasteiger charge is -2.21. The van der Waals surface area contributed by atoms with Gasteiger partial charge in [0.2, 0.25) is 5.88 Å². The van der Waals surface area contributed by atoms with Gasteiger partial charge in [0.25, 0.3) is 0 Å². The molecule has 0 radical (unpaired) electrons. The smallest absolute Gasteiger partial charge is 0.216 e. The van der Waals surface area contributed by atoms with Gasteiger partial charge in [0.1, 0.15) is 0 Å². The average Bonchev–Trinajstić information content (AvgIpc) is 2.98. The fourth-order valence-electron chi connectivity index (χ4n) is 2.48. The number of aryl methyl sites for hydroxylation is 2. The first kappa shape index (κ1) is 15.1. The molecule has 1 atom stereocenters. The quantitative estimate of drug-likeness (QED) is 0.888. The lowest BCUT2D eigenvalue weighted by Crippen LogP contribution is -2.25.